The van der Waals surface area contributed by atoms with Gasteiger partial charge in [0.05, 0.1) is 11.4 Å². The molecule has 2 aromatic rings. The number of nitrogens with two attached hydrogens (primary N) is 1. The number of aryl methyl sites for hydroxylation is 2. The maximum atomic E-state index is 11.9. The van der Waals surface area contributed by atoms with Crippen LogP contribution in [0.5, 0.6) is 0 Å². The van der Waals surface area contributed by atoms with Gasteiger partial charge in [0, 0.05) is 24.7 Å². The molecule has 1 amide bonds. The lowest BCUT2D eigenvalue weighted by Crippen LogP contribution is -2.24. The van der Waals surface area contributed by atoms with Gasteiger partial charge in [0.25, 0.3) is 5.56 Å². The molecule has 0 radical (unpaired) electrons. The molecule has 0 fully saturated rings. The summed E-state index contributed by atoms with van der Waals surface area (Å²) >= 11 is 0. The third kappa shape index (κ3) is 3.26. The van der Waals surface area contributed by atoms with E-state index >= 15 is 0 Å². The summed E-state index contributed by atoms with van der Waals surface area (Å²) in [5.74, 6) is -0.170. The second-order valence-corrected chi connectivity index (χ2v) is 4.58. The number of hydrogen-bond donors (Lipinski definition) is 2. The standard InChI is InChI=1S/C15H17N3O2/c1-11-5-4-9-18(15(11)20)10-8-14(19)17-13-7-3-2-6-12(13)16/h2-7,9H,8,10,16H2,1H3,(H,17,19). The van der Waals surface area contributed by atoms with Gasteiger partial charge in [-0.15, -0.1) is 0 Å². The zero-order valence-corrected chi connectivity index (χ0v) is 11.3. The van der Waals surface area contributed by atoms with E-state index in [1.807, 2.05) is 0 Å². The molecule has 20 heavy (non-hydrogen) atoms. The summed E-state index contributed by atoms with van der Waals surface area (Å²) in [5.41, 5.74) is 7.46. The first-order valence-electron chi connectivity index (χ1n) is 6.38. The molecule has 3 N–H and O–H groups in total. The second-order valence-electron chi connectivity index (χ2n) is 4.58. The SMILES string of the molecule is Cc1cccn(CCC(=O)Nc2ccccc2N)c1=O. The number of carbonyl (C=O) groups excluding carboxylic acids is 1. The third-order valence-corrected chi connectivity index (χ3v) is 3.03. The van der Waals surface area contributed by atoms with Crippen LogP contribution >= 0.6 is 0 Å². The van der Waals surface area contributed by atoms with Gasteiger partial charge >= 0.3 is 0 Å². The first-order chi connectivity index (χ1) is 9.58. The Balaban J connectivity index is 1.98. The van der Waals surface area contributed by atoms with Gasteiger partial charge in [-0.3, -0.25) is 9.59 Å². The summed E-state index contributed by atoms with van der Waals surface area (Å²) in [5, 5.41) is 2.74. The number of amides is 1. The van der Waals surface area contributed by atoms with Crippen LogP contribution in [0.3, 0.4) is 0 Å². The van der Waals surface area contributed by atoms with Crippen molar-refractivity contribution < 1.29 is 4.79 Å². The molecule has 0 unspecified atom stereocenters. The van der Waals surface area contributed by atoms with Gasteiger partial charge in [-0.2, -0.15) is 0 Å². The number of nitrogens with one attached hydrogen (secondary N) is 1. The van der Waals surface area contributed by atoms with Crippen LogP contribution in [0, 0.1) is 6.92 Å². The van der Waals surface area contributed by atoms with Crippen molar-refractivity contribution in [1.29, 1.82) is 0 Å². The van der Waals surface area contributed by atoms with E-state index in [2.05, 4.69) is 5.32 Å². The van der Waals surface area contributed by atoms with E-state index in [9.17, 15) is 9.59 Å². The molecule has 0 bridgehead atoms. The normalized spacial score (nSPS) is 10.2. The Morgan fingerprint density at radius 3 is 2.75 bits per heavy atom. The molecular formula is C15H17N3O2. The van der Waals surface area contributed by atoms with Crippen LogP contribution in [0.4, 0.5) is 11.4 Å². The van der Waals surface area contributed by atoms with Crippen LogP contribution in [0.2, 0.25) is 0 Å². The fourth-order valence-electron chi connectivity index (χ4n) is 1.88. The Labute approximate surface area is 117 Å². The number of para-hydroxylation sites is 2. The topological polar surface area (TPSA) is 77.1 Å². The molecule has 0 saturated carbocycles. The van der Waals surface area contributed by atoms with Crippen molar-refractivity contribution >= 4 is 17.3 Å². The number of pyridine rings is 1. The minimum atomic E-state index is -0.170. The average molecular weight is 271 g/mol. The maximum Gasteiger partial charge on any atom is 0.253 e. The highest BCUT2D eigenvalue weighted by molar-refractivity contribution is 5.93. The van der Waals surface area contributed by atoms with Crippen LogP contribution in [0.15, 0.2) is 47.4 Å². The first kappa shape index (κ1) is 13.9. The van der Waals surface area contributed by atoms with Crippen molar-refractivity contribution in [3.8, 4) is 0 Å². The molecule has 0 aliphatic heterocycles. The van der Waals surface area contributed by atoms with E-state index in [1.165, 1.54) is 4.57 Å². The van der Waals surface area contributed by atoms with Gasteiger partial charge in [0.1, 0.15) is 0 Å². The Kier molecular flexibility index (Phi) is 4.20. The average Bonchev–Trinajstić information content (AvgIpc) is 2.43. The number of rotatable bonds is 4. The van der Waals surface area contributed by atoms with E-state index in [4.69, 9.17) is 5.73 Å². The second kappa shape index (κ2) is 6.06. The quantitative estimate of drug-likeness (QED) is 0.832. The minimum absolute atomic E-state index is 0.0699. The Morgan fingerprint density at radius 1 is 1.25 bits per heavy atom. The maximum absolute atomic E-state index is 11.9. The lowest BCUT2D eigenvalue weighted by Gasteiger charge is -2.09. The highest BCUT2D eigenvalue weighted by atomic mass is 16.1. The molecule has 1 heterocycles. The number of nitrogen functional groups attached to an aromatic ring is 1. The molecule has 0 saturated heterocycles. The molecule has 2 rings (SSSR count). The molecule has 1 aromatic carbocycles. The van der Waals surface area contributed by atoms with Gasteiger partial charge < -0.3 is 15.6 Å². The van der Waals surface area contributed by atoms with Crippen LogP contribution < -0.4 is 16.6 Å². The number of carbonyl (C=O) groups is 1. The van der Waals surface area contributed by atoms with Gasteiger partial charge in [-0.25, -0.2) is 0 Å². The highest BCUT2D eigenvalue weighted by Gasteiger charge is 2.06. The zero-order valence-electron chi connectivity index (χ0n) is 11.3. The van der Waals surface area contributed by atoms with Crippen LogP contribution in [-0.2, 0) is 11.3 Å². The Hall–Kier alpha value is -2.56. The van der Waals surface area contributed by atoms with Gasteiger partial charge in [-0.1, -0.05) is 18.2 Å². The van der Waals surface area contributed by atoms with Crippen molar-refractivity contribution in [2.24, 2.45) is 0 Å². The van der Waals surface area contributed by atoms with Crippen molar-refractivity contribution in [3.63, 3.8) is 0 Å². The predicted molar refractivity (Wildman–Crippen MR) is 79.5 cm³/mol. The van der Waals surface area contributed by atoms with E-state index in [1.54, 1.807) is 49.5 Å². The van der Waals surface area contributed by atoms with Gasteiger partial charge in [0.2, 0.25) is 5.91 Å². The minimum Gasteiger partial charge on any atom is -0.397 e. The Morgan fingerprint density at radius 2 is 2.00 bits per heavy atom. The van der Waals surface area contributed by atoms with E-state index < -0.39 is 0 Å². The highest BCUT2D eigenvalue weighted by Crippen LogP contribution is 2.16. The number of benzene rings is 1. The summed E-state index contributed by atoms with van der Waals surface area (Å²) in [6.45, 7) is 2.10. The Bertz CT molecular complexity index is 677. The summed E-state index contributed by atoms with van der Waals surface area (Å²) < 4.78 is 1.53. The first-order valence-corrected chi connectivity index (χ1v) is 6.38. The summed E-state index contributed by atoms with van der Waals surface area (Å²) in [4.78, 5) is 23.7. The summed E-state index contributed by atoms with van der Waals surface area (Å²) in [6.07, 6.45) is 1.90. The summed E-state index contributed by atoms with van der Waals surface area (Å²) in [7, 11) is 0. The van der Waals surface area contributed by atoms with Gasteiger partial charge in [-0.05, 0) is 25.1 Å². The number of aromatic nitrogens is 1. The van der Waals surface area contributed by atoms with E-state index in [-0.39, 0.29) is 17.9 Å². The molecular weight excluding hydrogens is 254 g/mol. The molecule has 0 atom stereocenters. The molecule has 0 spiro atoms. The number of nitrogens with zero attached hydrogens (tertiary/aromatic N) is 1. The van der Waals surface area contributed by atoms with Crippen LogP contribution in [0.1, 0.15) is 12.0 Å². The molecule has 1 aromatic heterocycles. The van der Waals surface area contributed by atoms with Crippen LogP contribution in [0.25, 0.3) is 0 Å². The largest absolute Gasteiger partial charge is 0.397 e. The lowest BCUT2D eigenvalue weighted by atomic mass is 10.2. The van der Waals surface area contributed by atoms with Crippen molar-refractivity contribution in [3.05, 3.63) is 58.5 Å². The summed E-state index contributed by atoms with van der Waals surface area (Å²) in [6, 6.07) is 10.6. The zero-order chi connectivity index (χ0) is 14.5. The fourth-order valence-corrected chi connectivity index (χ4v) is 1.88. The molecule has 5 heteroatoms. The fraction of sp³-hybridized carbons (Fsp3) is 0.200. The predicted octanol–water partition coefficient (Wildman–Crippen LogP) is 1.77. The molecule has 104 valence electrons. The third-order valence-electron chi connectivity index (χ3n) is 3.03. The monoisotopic (exact) mass is 271 g/mol. The van der Waals surface area contributed by atoms with Crippen LogP contribution in [-0.4, -0.2) is 10.5 Å². The van der Waals surface area contributed by atoms with Crippen molar-refractivity contribution in [2.75, 3.05) is 11.1 Å². The smallest absolute Gasteiger partial charge is 0.253 e. The van der Waals surface area contributed by atoms with E-state index in [0.29, 0.717) is 23.5 Å². The lowest BCUT2D eigenvalue weighted by molar-refractivity contribution is -0.116. The molecule has 0 aliphatic carbocycles. The number of anilines is 2. The van der Waals surface area contributed by atoms with Crippen molar-refractivity contribution in [1.82, 2.24) is 4.57 Å². The molecule has 5 nitrogen and oxygen atoms in total. The van der Waals surface area contributed by atoms with Crippen molar-refractivity contribution in [2.45, 2.75) is 19.9 Å². The van der Waals surface area contributed by atoms with Gasteiger partial charge in [0.15, 0.2) is 0 Å². The van der Waals surface area contributed by atoms with E-state index in [0.717, 1.165) is 0 Å². The number of hydrogen-bond acceptors (Lipinski definition) is 3. The molecule has 0 aliphatic rings.